The number of benzene rings is 4. The smallest absolute Gasteiger partial charge is 0.0412 e. The van der Waals surface area contributed by atoms with Crippen molar-refractivity contribution in [3.63, 3.8) is 0 Å². The van der Waals surface area contributed by atoms with Crippen molar-refractivity contribution in [1.82, 2.24) is 0 Å². The monoisotopic (exact) mass is 430 g/mol. The van der Waals surface area contributed by atoms with Crippen molar-refractivity contribution in [2.75, 3.05) is 0 Å². The largest absolute Gasteiger partial charge is 0.0767 e. The predicted octanol–water partition coefficient (Wildman–Crippen LogP) is 8.87. The quantitative estimate of drug-likeness (QED) is 0.262. The summed E-state index contributed by atoms with van der Waals surface area (Å²) in [6.07, 6.45) is 14.7. The van der Waals surface area contributed by atoms with E-state index >= 15 is 0 Å². The molecule has 0 aliphatic heterocycles. The molecule has 0 nitrogen and oxygen atoms in total. The van der Waals surface area contributed by atoms with Gasteiger partial charge in [-0.25, -0.2) is 0 Å². The number of hydrogen-bond acceptors (Lipinski definition) is 0. The fraction of sp³-hybridized carbons (Fsp3) is 0.0588. The summed E-state index contributed by atoms with van der Waals surface area (Å²) in [5, 5.41) is 7.43. The van der Waals surface area contributed by atoms with Crippen molar-refractivity contribution in [2.45, 2.75) is 6.42 Å². The van der Waals surface area contributed by atoms with Crippen LogP contribution < -0.4 is 0 Å². The van der Waals surface area contributed by atoms with E-state index < -0.39 is 0 Å². The van der Waals surface area contributed by atoms with Crippen LogP contribution in [0.5, 0.6) is 0 Å². The molecule has 0 heteroatoms. The molecule has 0 N–H and O–H groups in total. The fourth-order valence-electron chi connectivity index (χ4n) is 5.59. The summed E-state index contributed by atoms with van der Waals surface area (Å²) in [6.45, 7) is 0. The summed E-state index contributed by atoms with van der Waals surface area (Å²) in [5.74, 6) is 0.489. The van der Waals surface area contributed by atoms with E-state index in [4.69, 9.17) is 0 Å². The molecule has 0 spiro atoms. The Bertz CT molecular complexity index is 1670. The Kier molecular flexibility index (Phi) is 4.29. The van der Waals surface area contributed by atoms with Gasteiger partial charge in [-0.3, -0.25) is 0 Å². The number of allylic oxidation sites excluding steroid dienone is 8. The van der Waals surface area contributed by atoms with Gasteiger partial charge in [0, 0.05) is 16.9 Å². The van der Waals surface area contributed by atoms with Crippen LogP contribution in [0.2, 0.25) is 0 Å². The minimum Gasteiger partial charge on any atom is -0.0767 e. The molecule has 0 saturated carbocycles. The van der Waals surface area contributed by atoms with Crippen LogP contribution in [0.1, 0.15) is 12.0 Å². The molecule has 0 saturated heterocycles. The van der Waals surface area contributed by atoms with E-state index in [2.05, 4.69) is 121 Å². The van der Waals surface area contributed by atoms with Crippen LogP contribution in [0.4, 0.5) is 0 Å². The van der Waals surface area contributed by atoms with E-state index in [1.165, 1.54) is 54.8 Å². The molecule has 1 unspecified atom stereocenters. The van der Waals surface area contributed by atoms with Crippen molar-refractivity contribution >= 4 is 37.9 Å². The zero-order valence-electron chi connectivity index (χ0n) is 18.8. The molecule has 0 heterocycles. The molecule has 1 atom stereocenters. The van der Waals surface area contributed by atoms with Crippen LogP contribution >= 0.6 is 0 Å². The SMILES string of the molecule is c1ccc2c(C3=CCC4C=CC=CC4=C3)c3ccccc3c(-c3ccc4ccccc4c3)c2c#1. The summed E-state index contributed by atoms with van der Waals surface area (Å²) >= 11 is 0. The second-order valence-electron chi connectivity index (χ2n) is 9.14. The maximum atomic E-state index is 3.50. The van der Waals surface area contributed by atoms with Crippen molar-refractivity contribution in [1.29, 1.82) is 0 Å². The lowest BCUT2D eigenvalue weighted by molar-refractivity contribution is 0.783. The Morgan fingerprint density at radius 3 is 2.47 bits per heavy atom. The number of rotatable bonds is 2. The van der Waals surface area contributed by atoms with Gasteiger partial charge in [-0.2, -0.15) is 0 Å². The van der Waals surface area contributed by atoms with Crippen molar-refractivity contribution in [3.05, 3.63) is 139 Å². The first-order valence-corrected chi connectivity index (χ1v) is 11.9. The van der Waals surface area contributed by atoms with Gasteiger partial charge in [-0.15, -0.1) is 0 Å². The summed E-state index contributed by atoms with van der Waals surface area (Å²) in [4.78, 5) is 0. The van der Waals surface area contributed by atoms with Gasteiger partial charge in [-0.1, -0.05) is 109 Å². The van der Waals surface area contributed by atoms with Gasteiger partial charge in [0.05, 0.1) is 0 Å². The zero-order chi connectivity index (χ0) is 22.5. The molecule has 2 aliphatic carbocycles. The Hall–Kier alpha value is -4.34. The van der Waals surface area contributed by atoms with Crippen molar-refractivity contribution in [2.24, 2.45) is 5.92 Å². The molecule has 5 aromatic carbocycles. The summed E-state index contributed by atoms with van der Waals surface area (Å²) in [6, 6.07) is 35.1. The molecule has 0 aromatic heterocycles. The average Bonchev–Trinajstić information content (AvgIpc) is 2.91. The first-order chi connectivity index (χ1) is 16.9. The highest BCUT2D eigenvalue weighted by molar-refractivity contribution is 6.19. The van der Waals surface area contributed by atoms with Crippen molar-refractivity contribution in [3.8, 4) is 11.1 Å². The van der Waals surface area contributed by atoms with Crippen LogP contribution in [-0.2, 0) is 0 Å². The summed E-state index contributed by atoms with van der Waals surface area (Å²) in [7, 11) is 0. The van der Waals surface area contributed by atoms with E-state index in [1.54, 1.807) is 0 Å². The highest BCUT2D eigenvalue weighted by atomic mass is 14.2. The normalized spacial score (nSPS) is 16.9. The second-order valence-corrected chi connectivity index (χ2v) is 9.14. The Balaban J connectivity index is 1.55. The van der Waals surface area contributed by atoms with Gasteiger partial charge >= 0.3 is 0 Å². The topological polar surface area (TPSA) is 0 Å². The van der Waals surface area contributed by atoms with Crippen LogP contribution in [0.15, 0.2) is 121 Å². The highest BCUT2D eigenvalue weighted by Crippen LogP contribution is 2.44. The Morgan fingerprint density at radius 1 is 0.735 bits per heavy atom. The Morgan fingerprint density at radius 2 is 1.56 bits per heavy atom. The standard InChI is InChI=1S/C34H22/c1-3-11-25-21-27(19-17-23(25)9-1)33-29-13-5-7-15-31(29)34(32-16-8-6-14-30(32)33)28-20-18-24-10-2-4-12-26(24)22-28/h1-7,9-15,18-23H,17H2. The maximum absolute atomic E-state index is 3.50. The predicted molar refractivity (Wildman–Crippen MR) is 145 cm³/mol. The third-order valence-electron chi connectivity index (χ3n) is 7.20. The molecule has 2 aliphatic rings. The van der Waals surface area contributed by atoms with Gasteiger partial charge < -0.3 is 0 Å². The lowest BCUT2D eigenvalue weighted by Gasteiger charge is -2.23. The molecular weight excluding hydrogens is 408 g/mol. The van der Waals surface area contributed by atoms with Crippen molar-refractivity contribution < 1.29 is 0 Å². The van der Waals surface area contributed by atoms with E-state index in [0.29, 0.717) is 5.92 Å². The Labute approximate surface area is 199 Å². The van der Waals surface area contributed by atoms with E-state index in [1.807, 2.05) is 6.07 Å². The maximum Gasteiger partial charge on any atom is 0.0412 e. The second kappa shape index (κ2) is 7.62. The fourth-order valence-corrected chi connectivity index (χ4v) is 5.59. The number of hydrogen-bond donors (Lipinski definition) is 0. The molecule has 0 fully saturated rings. The first kappa shape index (κ1) is 19.2. The molecular formula is C34H22. The zero-order valence-corrected chi connectivity index (χ0v) is 18.8. The molecule has 34 heavy (non-hydrogen) atoms. The summed E-state index contributed by atoms with van der Waals surface area (Å²) in [5.41, 5.74) is 6.45. The van der Waals surface area contributed by atoms with Gasteiger partial charge in [-0.05, 0) is 73.8 Å². The molecule has 0 radical (unpaired) electrons. The minimum atomic E-state index is 0.489. The van der Waals surface area contributed by atoms with Gasteiger partial charge in [0.15, 0.2) is 0 Å². The molecule has 7 rings (SSSR count). The molecule has 0 amide bonds. The van der Waals surface area contributed by atoms with Gasteiger partial charge in [0.2, 0.25) is 0 Å². The number of fused-ring (bicyclic) bond motifs is 4. The van der Waals surface area contributed by atoms with E-state index in [0.717, 1.165) is 11.8 Å². The van der Waals surface area contributed by atoms with E-state index in [9.17, 15) is 0 Å². The van der Waals surface area contributed by atoms with Crippen LogP contribution in [0.25, 0.3) is 49.0 Å². The van der Waals surface area contributed by atoms with E-state index in [-0.39, 0.29) is 0 Å². The average molecular weight is 431 g/mol. The van der Waals surface area contributed by atoms with Gasteiger partial charge in [0.25, 0.3) is 0 Å². The molecule has 0 bridgehead atoms. The minimum absolute atomic E-state index is 0.489. The third-order valence-corrected chi connectivity index (χ3v) is 7.20. The third kappa shape index (κ3) is 2.95. The molecule has 5 aromatic rings. The molecule has 158 valence electrons. The lowest BCUT2D eigenvalue weighted by atomic mass is 9.80. The van der Waals surface area contributed by atoms with Crippen LogP contribution in [0, 0.1) is 18.1 Å². The lowest BCUT2D eigenvalue weighted by Crippen LogP contribution is -2.06. The van der Waals surface area contributed by atoms with Crippen LogP contribution in [-0.4, -0.2) is 0 Å². The van der Waals surface area contributed by atoms with Gasteiger partial charge in [0.1, 0.15) is 0 Å². The first-order valence-electron chi connectivity index (χ1n) is 11.9. The van der Waals surface area contributed by atoms with Crippen LogP contribution in [0.3, 0.4) is 0 Å². The highest BCUT2D eigenvalue weighted by Gasteiger charge is 2.21. The summed E-state index contributed by atoms with van der Waals surface area (Å²) < 4.78 is 0.